The molecule has 3 rings (SSSR count). The number of benzene rings is 1. The first-order valence-electron chi connectivity index (χ1n) is 11.0. The van der Waals surface area contributed by atoms with Gasteiger partial charge in [0.25, 0.3) is 0 Å². The van der Waals surface area contributed by atoms with Crippen molar-refractivity contribution >= 4 is 23.7 Å². The van der Waals surface area contributed by atoms with Gasteiger partial charge in [0.15, 0.2) is 0 Å². The van der Waals surface area contributed by atoms with E-state index in [-0.39, 0.29) is 0 Å². The molecule has 1 atom stereocenters. The maximum absolute atomic E-state index is 12.0. The molecule has 1 N–H and O–H groups in total. The van der Waals surface area contributed by atoms with Crippen LogP contribution < -0.4 is 5.32 Å². The highest BCUT2D eigenvalue weighted by atomic mass is 16.5. The van der Waals surface area contributed by atoms with Crippen LogP contribution >= 0.6 is 0 Å². The third kappa shape index (κ3) is 6.79. The van der Waals surface area contributed by atoms with Crippen LogP contribution in [0.1, 0.15) is 39.2 Å². The Morgan fingerprint density at radius 2 is 2.16 bits per heavy atom. The number of nitrogens with one attached hydrogen (secondary N) is 1. The number of anilines is 1. The van der Waals surface area contributed by atoms with Crippen molar-refractivity contribution < 1.29 is 14.1 Å². The summed E-state index contributed by atoms with van der Waals surface area (Å²) in [4.78, 5) is 12.0. The third-order valence-corrected chi connectivity index (χ3v) is 5.03. The van der Waals surface area contributed by atoms with Crippen LogP contribution in [0, 0.1) is 5.92 Å². The molecular formula is C24H34N5O2+. The number of carbonyl (C=O) groups excluding carboxylic acids is 1. The van der Waals surface area contributed by atoms with Crippen LogP contribution in [0.15, 0.2) is 58.5 Å². The molecule has 2 aliphatic heterocycles. The van der Waals surface area contributed by atoms with Crippen LogP contribution in [-0.2, 0) is 11.2 Å². The zero-order valence-electron chi connectivity index (χ0n) is 19.0. The van der Waals surface area contributed by atoms with E-state index in [2.05, 4.69) is 48.8 Å². The summed E-state index contributed by atoms with van der Waals surface area (Å²) >= 11 is 0. The number of hydrogen-bond donors (Lipinski definition) is 1. The Balaban J connectivity index is 1.68. The van der Waals surface area contributed by atoms with Crippen molar-refractivity contribution in [3.05, 3.63) is 53.9 Å². The maximum Gasteiger partial charge on any atom is 0.411 e. The summed E-state index contributed by atoms with van der Waals surface area (Å²) in [5.74, 6) is 0.306. The minimum Gasteiger partial charge on any atom is -0.449 e. The zero-order chi connectivity index (χ0) is 22.3. The number of rotatable bonds is 8. The van der Waals surface area contributed by atoms with Crippen molar-refractivity contribution in [2.45, 2.75) is 40.0 Å². The maximum atomic E-state index is 12.0. The molecule has 0 spiro atoms. The van der Waals surface area contributed by atoms with Gasteiger partial charge in [-0.05, 0) is 30.0 Å². The first-order valence-corrected chi connectivity index (χ1v) is 11.0. The number of hydrazone groups is 1. The van der Waals surface area contributed by atoms with Crippen LogP contribution in [0.4, 0.5) is 10.5 Å². The second-order valence-electron chi connectivity index (χ2n) is 8.65. The minimum atomic E-state index is -0.424. The van der Waals surface area contributed by atoms with Gasteiger partial charge in [0.05, 0.1) is 20.2 Å². The lowest BCUT2D eigenvalue weighted by Gasteiger charge is -2.20. The largest absolute Gasteiger partial charge is 0.449 e. The fraction of sp³-hybridized carbons (Fsp3) is 0.458. The van der Waals surface area contributed by atoms with Gasteiger partial charge in [-0.1, -0.05) is 50.2 Å². The third-order valence-electron chi connectivity index (χ3n) is 5.03. The Hall–Kier alpha value is -2.93. The molecule has 31 heavy (non-hydrogen) atoms. The first kappa shape index (κ1) is 22.7. The fourth-order valence-corrected chi connectivity index (χ4v) is 3.56. The normalized spacial score (nSPS) is 20.5. The monoisotopic (exact) mass is 424 g/mol. The molecule has 166 valence electrons. The summed E-state index contributed by atoms with van der Waals surface area (Å²) in [6.45, 7) is 8.30. The minimum absolute atomic E-state index is 0.306. The average Bonchev–Trinajstić information content (AvgIpc) is 2.95. The molecule has 7 heteroatoms. The number of carbonyl (C=O) groups is 1. The first-order chi connectivity index (χ1) is 14.9. The van der Waals surface area contributed by atoms with Gasteiger partial charge in [-0.2, -0.15) is 9.69 Å². The van der Waals surface area contributed by atoms with Gasteiger partial charge in [0.2, 0.25) is 0 Å². The highest BCUT2D eigenvalue weighted by Gasteiger charge is 2.27. The SMILES string of the molecule is CCC[N+]1(C)C=C(N2CC=CCC(Cc3cccc(NC(=O)OCC(C)C)c3)=N2)C=N1. The molecule has 0 radical (unpaired) electrons. The number of ether oxygens (including phenoxy) is 1. The van der Waals surface area contributed by atoms with E-state index in [1.165, 1.54) is 0 Å². The summed E-state index contributed by atoms with van der Waals surface area (Å²) in [6.07, 6.45) is 10.6. The summed E-state index contributed by atoms with van der Waals surface area (Å²) in [6, 6.07) is 7.84. The molecule has 1 aromatic rings. The van der Waals surface area contributed by atoms with E-state index in [4.69, 9.17) is 9.84 Å². The predicted octanol–water partition coefficient (Wildman–Crippen LogP) is 4.75. The highest BCUT2D eigenvalue weighted by Crippen LogP contribution is 2.21. The van der Waals surface area contributed by atoms with Gasteiger partial charge in [0.1, 0.15) is 24.7 Å². The Morgan fingerprint density at radius 3 is 2.94 bits per heavy atom. The topological polar surface area (TPSA) is 66.3 Å². The zero-order valence-corrected chi connectivity index (χ0v) is 19.0. The lowest BCUT2D eigenvalue weighted by Crippen LogP contribution is -2.31. The number of nitrogens with zero attached hydrogens (tertiary/aromatic N) is 4. The lowest BCUT2D eigenvalue weighted by atomic mass is 10.1. The van der Waals surface area contributed by atoms with Gasteiger partial charge in [-0.25, -0.2) is 4.79 Å². The Morgan fingerprint density at radius 1 is 1.32 bits per heavy atom. The smallest absolute Gasteiger partial charge is 0.411 e. The molecule has 7 nitrogen and oxygen atoms in total. The molecule has 0 saturated heterocycles. The number of hydrogen-bond acceptors (Lipinski definition) is 5. The van der Waals surface area contributed by atoms with Crippen molar-refractivity contribution in [2.24, 2.45) is 16.1 Å². The van der Waals surface area contributed by atoms with Crippen molar-refractivity contribution in [1.82, 2.24) is 5.01 Å². The van der Waals surface area contributed by atoms with Crippen LogP contribution in [0.5, 0.6) is 0 Å². The second kappa shape index (κ2) is 10.4. The van der Waals surface area contributed by atoms with Gasteiger partial charge >= 0.3 is 6.09 Å². The summed E-state index contributed by atoms with van der Waals surface area (Å²) in [5, 5.41) is 14.4. The molecule has 0 fully saturated rings. The fourth-order valence-electron chi connectivity index (χ4n) is 3.56. The van der Waals surface area contributed by atoms with Crippen LogP contribution in [0.25, 0.3) is 0 Å². The average molecular weight is 425 g/mol. The Kier molecular flexibility index (Phi) is 7.63. The molecule has 1 amide bonds. The molecule has 2 heterocycles. The predicted molar refractivity (Wildman–Crippen MR) is 126 cm³/mol. The van der Waals surface area contributed by atoms with E-state index in [1.54, 1.807) is 0 Å². The van der Waals surface area contributed by atoms with Crippen molar-refractivity contribution in [2.75, 3.05) is 32.1 Å². The van der Waals surface area contributed by atoms with Gasteiger partial charge < -0.3 is 4.74 Å². The van der Waals surface area contributed by atoms with Gasteiger partial charge in [0, 0.05) is 24.2 Å². The van der Waals surface area contributed by atoms with E-state index >= 15 is 0 Å². The van der Waals surface area contributed by atoms with Crippen molar-refractivity contribution in [1.29, 1.82) is 0 Å². The van der Waals surface area contributed by atoms with E-state index < -0.39 is 6.09 Å². The van der Waals surface area contributed by atoms with E-state index in [0.717, 1.165) is 48.6 Å². The number of allylic oxidation sites excluding steroid dienone is 2. The molecule has 1 aromatic carbocycles. The van der Waals surface area contributed by atoms with Crippen LogP contribution in [0.2, 0.25) is 0 Å². The molecule has 0 saturated carbocycles. The molecule has 2 aliphatic rings. The van der Waals surface area contributed by atoms with Crippen molar-refractivity contribution in [3.63, 3.8) is 0 Å². The van der Waals surface area contributed by atoms with Gasteiger partial charge in [-0.3, -0.25) is 10.3 Å². The molecule has 1 unspecified atom stereocenters. The van der Waals surface area contributed by atoms with E-state index in [9.17, 15) is 4.79 Å². The second-order valence-corrected chi connectivity index (χ2v) is 8.65. The summed E-state index contributed by atoms with van der Waals surface area (Å²) < 4.78 is 5.78. The van der Waals surface area contributed by atoms with E-state index in [0.29, 0.717) is 23.5 Å². The molecule has 0 bridgehead atoms. The Labute approximate surface area is 185 Å². The van der Waals surface area contributed by atoms with Crippen LogP contribution in [-0.4, -0.2) is 54.4 Å². The van der Waals surface area contributed by atoms with Crippen molar-refractivity contribution in [3.8, 4) is 0 Å². The lowest BCUT2D eigenvalue weighted by molar-refractivity contribution is -0.864. The highest BCUT2D eigenvalue weighted by molar-refractivity contribution is 5.89. The molecule has 0 aromatic heterocycles. The number of quaternary nitrogens is 1. The summed E-state index contributed by atoms with van der Waals surface area (Å²) in [5.41, 5.74) is 3.92. The van der Waals surface area contributed by atoms with E-state index in [1.807, 2.05) is 43.3 Å². The quantitative estimate of drug-likeness (QED) is 0.484. The number of amides is 1. The van der Waals surface area contributed by atoms with Crippen LogP contribution in [0.3, 0.4) is 0 Å². The van der Waals surface area contributed by atoms with Gasteiger partial charge in [-0.15, -0.1) is 0 Å². The standard InChI is InChI=1S/C24H33N5O2/c1-5-13-29(4)17-23(16-25-29)28-12-7-6-10-22(27-28)15-20-9-8-11-21(14-20)26-24(30)31-18-19(2)3/h6-9,11,14,16-17,19H,5,10,12-13,15,18H2,1-4H3/p+1. The molecular weight excluding hydrogens is 390 g/mol. The molecule has 0 aliphatic carbocycles. The Bertz CT molecular complexity index is 903. The summed E-state index contributed by atoms with van der Waals surface area (Å²) in [7, 11) is 2.11.